The van der Waals surface area contributed by atoms with E-state index in [-0.39, 0.29) is 31.5 Å². The molecule has 0 aliphatic carbocycles. The van der Waals surface area contributed by atoms with Crippen molar-refractivity contribution >= 4 is 19.7 Å². The summed E-state index contributed by atoms with van der Waals surface area (Å²) >= 11 is 0. The standard InChI is InChI=1S/C54H107N2O7P/c1-7-10-13-16-19-22-25-26-27-28-29-32-34-37-40-43-46-53(57)55-51(50-62-64(59,60)61-49-48-56(4,5)6)52(45-42-39-36-33-30-23-20-17-14-11-8-2)63-54(58)47-44-41-38-35-31-24-21-18-15-12-9-3/h42,45,51-52H,7-41,43-44,46-50H2,1-6H3,(H-,55,57,59,60)/b45-42+. The Balaban J connectivity index is 5.30. The summed E-state index contributed by atoms with van der Waals surface area (Å²) in [5.41, 5.74) is 0. The Kier molecular flexibility index (Phi) is 44.6. The largest absolute Gasteiger partial charge is 0.756 e. The maximum absolute atomic E-state index is 13.4. The van der Waals surface area contributed by atoms with E-state index < -0.39 is 20.0 Å². The van der Waals surface area contributed by atoms with Crippen molar-refractivity contribution in [3.63, 3.8) is 0 Å². The summed E-state index contributed by atoms with van der Waals surface area (Å²) in [6.45, 7) is 6.85. The number of unbranched alkanes of at least 4 members (excludes halogenated alkanes) is 34. The second-order valence-corrected chi connectivity index (χ2v) is 21.5. The van der Waals surface area contributed by atoms with Gasteiger partial charge in [0, 0.05) is 12.8 Å². The van der Waals surface area contributed by atoms with Crippen LogP contribution >= 0.6 is 7.82 Å². The number of quaternary nitrogens is 1. The van der Waals surface area contributed by atoms with Gasteiger partial charge in [-0.2, -0.15) is 0 Å². The molecular formula is C54H107N2O7P. The molecule has 0 aliphatic heterocycles. The summed E-state index contributed by atoms with van der Waals surface area (Å²) in [5.74, 6) is -0.528. The zero-order valence-electron chi connectivity index (χ0n) is 43.3. The minimum atomic E-state index is -4.68. The van der Waals surface area contributed by atoms with E-state index in [0.717, 1.165) is 57.8 Å². The first kappa shape index (κ1) is 62.8. The van der Waals surface area contributed by atoms with Gasteiger partial charge in [0.25, 0.3) is 7.82 Å². The van der Waals surface area contributed by atoms with Crippen LogP contribution in [0.15, 0.2) is 12.2 Å². The molecule has 0 fully saturated rings. The molecule has 1 N–H and O–H groups in total. The number of carbonyl (C=O) groups excluding carboxylic acids is 2. The quantitative estimate of drug-likeness (QED) is 0.0212. The van der Waals surface area contributed by atoms with Crippen LogP contribution in [-0.4, -0.2) is 69.4 Å². The molecule has 3 unspecified atom stereocenters. The molecule has 1 amide bonds. The molecule has 64 heavy (non-hydrogen) atoms. The number of nitrogens with one attached hydrogen (secondary N) is 1. The Morgan fingerprint density at radius 1 is 0.531 bits per heavy atom. The van der Waals surface area contributed by atoms with Crippen LogP contribution in [0.25, 0.3) is 0 Å². The highest BCUT2D eigenvalue weighted by Gasteiger charge is 2.27. The van der Waals surface area contributed by atoms with Crippen LogP contribution in [0.2, 0.25) is 0 Å². The fraction of sp³-hybridized carbons (Fsp3) is 0.926. The third kappa shape index (κ3) is 45.9. The number of ether oxygens (including phenoxy) is 1. The van der Waals surface area contributed by atoms with Crippen LogP contribution in [0.4, 0.5) is 0 Å². The first-order valence-corrected chi connectivity index (χ1v) is 29.0. The van der Waals surface area contributed by atoms with Gasteiger partial charge in [0.1, 0.15) is 19.3 Å². The van der Waals surface area contributed by atoms with Crippen LogP contribution in [0.1, 0.15) is 271 Å². The number of carbonyl (C=O) groups is 2. The van der Waals surface area contributed by atoms with Crippen LogP contribution in [-0.2, 0) is 27.9 Å². The summed E-state index contributed by atoms with van der Waals surface area (Å²) in [5, 5.41) is 3.02. The van der Waals surface area contributed by atoms with E-state index in [1.807, 2.05) is 33.3 Å². The van der Waals surface area contributed by atoms with Crippen molar-refractivity contribution in [3.05, 3.63) is 12.2 Å². The van der Waals surface area contributed by atoms with Gasteiger partial charge in [-0.1, -0.05) is 239 Å². The zero-order valence-corrected chi connectivity index (χ0v) is 44.2. The number of phosphoric acid groups is 1. The molecule has 0 bridgehead atoms. The zero-order chi connectivity index (χ0) is 47.3. The minimum Gasteiger partial charge on any atom is -0.756 e. The molecule has 0 aromatic rings. The van der Waals surface area contributed by atoms with Gasteiger partial charge in [0.05, 0.1) is 33.8 Å². The Labute approximate surface area is 397 Å². The highest BCUT2D eigenvalue weighted by atomic mass is 31.2. The number of phosphoric ester groups is 1. The average molecular weight is 927 g/mol. The highest BCUT2D eigenvalue weighted by Crippen LogP contribution is 2.38. The molecule has 0 aromatic carbocycles. The van der Waals surface area contributed by atoms with E-state index >= 15 is 0 Å². The molecule has 10 heteroatoms. The van der Waals surface area contributed by atoms with Gasteiger partial charge in [0.15, 0.2) is 0 Å². The number of allylic oxidation sites excluding steroid dienone is 1. The normalized spacial score (nSPS) is 13.9. The molecule has 9 nitrogen and oxygen atoms in total. The minimum absolute atomic E-state index is 0.0173. The number of nitrogens with zero attached hydrogens (tertiary/aromatic N) is 1. The van der Waals surface area contributed by atoms with E-state index in [2.05, 4.69) is 26.1 Å². The predicted octanol–water partition coefficient (Wildman–Crippen LogP) is 15.4. The van der Waals surface area contributed by atoms with Crippen LogP contribution in [0, 0.1) is 0 Å². The van der Waals surface area contributed by atoms with Crippen LogP contribution in [0.3, 0.4) is 0 Å². The third-order valence-electron chi connectivity index (χ3n) is 12.5. The average Bonchev–Trinajstić information content (AvgIpc) is 3.25. The molecule has 0 radical (unpaired) electrons. The summed E-state index contributed by atoms with van der Waals surface area (Å²) in [7, 11) is 1.20. The Bertz CT molecular complexity index is 1110. The maximum atomic E-state index is 13.4. The van der Waals surface area contributed by atoms with E-state index in [0.29, 0.717) is 17.4 Å². The topological polar surface area (TPSA) is 114 Å². The molecule has 380 valence electrons. The second-order valence-electron chi connectivity index (χ2n) is 20.1. The van der Waals surface area contributed by atoms with E-state index in [1.54, 1.807) is 0 Å². The highest BCUT2D eigenvalue weighted by molar-refractivity contribution is 7.45. The maximum Gasteiger partial charge on any atom is 0.306 e. The second kappa shape index (κ2) is 45.5. The van der Waals surface area contributed by atoms with Gasteiger partial charge in [0.2, 0.25) is 5.91 Å². The Morgan fingerprint density at radius 2 is 0.891 bits per heavy atom. The van der Waals surface area contributed by atoms with Crippen molar-refractivity contribution < 1.29 is 37.3 Å². The molecule has 0 spiro atoms. The Hall–Kier alpha value is -1.25. The number of amides is 1. The fourth-order valence-corrected chi connectivity index (χ4v) is 8.89. The van der Waals surface area contributed by atoms with Gasteiger partial charge < -0.3 is 28.5 Å². The summed E-state index contributed by atoms with van der Waals surface area (Å²) in [6, 6.07) is -0.876. The lowest BCUT2D eigenvalue weighted by Gasteiger charge is -2.30. The number of esters is 1. The summed E-state index contributed by atoms with van der Waals surface area (Å²) in [6.07, 6.45) is 48.8. The van der Waals surface area contributed by atoms with Crippen molar-refractivity contribution in [2.45, 2.75) is 283 Å². The third-order valence-corrected chi connectivity index (χ3v) is 13.4. The van der Waals surface area contributed by atoms with Crippen molar-refractivity contribution in [2.24, 2.45) is 0 Å². The lowest BCUT2D eigenvalue weighted by molar-refractivity contribution is -0.870. The molecule has 0 aromatic heterocycles. The molecule has 0 saturated heterocycles. The van der Waals surface area contributed by atoms with Crippen molar-refractivity contribution in [1.82, 2.24) is 5.32 Å². The lowest BCUT2D eigenvalue weighted by atomic mass is 10.0. The molecular weight excluding hydrogens is 820 g/mol. The van der Waals surface area contributed by atoms with Gasteiger partial charge in [-0.05, 0) is 31.8 Å². The monoisotopic (exact) mass is 927 g/mol. The van der Waals surface area contributed by atoms with Crippen molar-refractivity contribution in [3.8, 4) is 0 Å². The number of rotatable bonds is 50. The number of hydrogen-bond acceptors (Lipinski definition) is 7. The summed E-state index contributed by atoms with van der Waals surface area (Å²) in [4.78, 5) is 39.7. The van der Waals surface area contributed by atoms with E-state index in [4.69, 9.17) is 13.8 Å². The van der Waals surface area contributed by atoms with Crippen LogP contribution in [0.5, 0.6) is 0 Å². The summed E-state index contributed by atoms with van der Waals surface area (Å²) < 4.78 is 30.1. The Morgan fingerprint density at radius 3 is 1.28 bits per heavy atom. The van der Waals surface area contributed by atoms with E-state index in [1.165, 1.54) is 180 Å². The first-order chi connectivity index (χ1) is 30.9. The number of likely N-dealkylation sites (N-methyl/N-ethyl adjacent to an activating group) is 1. The van der Waals surface area contributed by atoms with Crippen molar-refractivity contribution in [1.29, 1.82) is 0 Å². The number of hydrogen-bond donors (Lipinski definition) is 1. The molecule has 3 atom stereocenters. The molecule has 0 heterocycles. The van der Waals surface area contributed by atoms with E-state index in [9.17, 15) is 19.0 Å². The van der Waals surface area contributed by atoms with Gasteiger partial charge in [-0.25, -0.2) is 0 Å². The SMILES string of the molecule is CCCCCCCCCCC/C=C/C(OC(=O)CCCCCCCCCCCCC)C(COP(=O)([O-])OCC[N+](C)(C)C)NC(=O)CCCCCCCCCCCCCCCCCC. The predicted molar refractivity (Wildman–Crippen MR) is 270 cm³/mol. The molecule has 0 saturated carbocycles. The van der Waals surface area contributed by atoms with Crippen LogP contribution < -0.4 is 10.2 Å². The molecule has 0 rings (SSSR count). The first-order valence-electron chi connectivity index (χ1n) is 27.5. The van der Waals surface area contributed by atoms with Gasteiger partial charge in [-0.15, -0.1) is 0 Å². The smallest absolute Gasteiger partial charge is 0.306 e. The van der Waals surface area contributed by atoms with Gasteiger partial charge in [-0.3, -0.25) is 14.2 Å². The molecule has 0 aliphatic rings. The lowest BCUT2D eigenvalue weighted by Crippen LogP contribution is -2.47. The fourth-order valence-electron chi connectivity index (χ4n) is 8.17. The van der Waals surface area contributed by atoms with Crippen molar-refractivity contribution in [2.75, 3.05) is 40.9 Å². The van der Waals surface area contributed by atoms with Gasteiger partial charge >= 0.3 is 5.97 Å².